The van der Waals surface area contributed by atoms with Crippen LogP contribution >= 0.6 is 0 Å². The molecule has 1 N–H and O–H groups in total. The Morgan fingerprint density at radius 3 is 2.33 bits per heavy atom. The van der Waals surface area contributed by atoms with Crippen LogP contribution < -0.4 is 5.32 Å². The number of hydrogen-bond acceptors (Lipinski definition) is 3. The smallest absolute Gasteiger partial charge is 0.0110 e. The van der Waals surface area contributed by atoms with E-state index in [9.17, 15) is 0 Å². The van der Waals surface area contributed by atoms with Crippen LogP contribution in [-0.2, 0) is 0 Å². The lowest BCUT2D eigenvalue weighted by atomic mass is 10.2. The topological polar surface area (TPSA) is 18.5 Å². The molecule has 0 aromatic carbocycles. The predicted octanol–water partition coefficient (Wildman–Crippen LogP) is 1.79. The van der Waals surface area contributed by atoms with Crippen molar-refractivity contribution in [1.82, 2.24) is 15.1 Å². The van der Waals surface area contributed by atoms with Gasteiger partial charge in [0.25, 0.3) is 0 Å². The Hall–Kier alpha value is -0.120. The quantitative estimate of drug-likeness (QED) is 0.632. The van der Waals surface area contributed by atoms with Gasteiger partial charge in [0.1, 0.15) is 0 Å². The molecule has 0 aromatic heterocycles. The van der Waals surface area contributed by atoms with E-state index in [1.165, 1.54) is 77.9 Å². The van der Waals surface area contributed by atoms with Crippen LogP contribution in [0.2, 0.25) is 0 Å². The van der Waals surface area contributed by atoms with Crippen LogP contribution in [0.5, 0.6) is 0 Å². The van der Waals surface area contributed by atoms with Gasteiger partial charge in [0.15, 0.2) is 0 Å². The van der Waals surface area contributed by atoms with Crippen molar-refractivity contribution >= 4 is 0 Å². The van der Waals surface area contributed by atoms with Crippen molar-refractivity contribution in [2.75, 3.05) is 52.4 Å². The third kappa shape index (κ3) is 5.68. The molecule has 1 saturated heterocycles. The summed E-state index contributed by atoms with van der Waals surface area (Å²) >= 11 is 0. The van der Waals surface area contributed by atoms with Crippen molar-refractivity contribution in [2.24, 2.45) is 5.92 Å². The summed E-state index contributed by atoms with van der Waals surface area (Å²) in [6, 6.07) is 0. The van der Waals surface area contributed by atoms with Crippen molar-refractivity contribution in [2.45, 2.75) is 39.0 Å². The van der Waals surface area contributed by atoms with Crippen LogP contribution in [0, 0.1) is 5.92 Å². The van der Waals surface area contributed by atoms with E-state index >= 15 is 0 Å². The molecule has 3 nitrogen and oxygen atoms in total. The van der Waals surface area contributed by atoms with Crippen molar-refractivity contribution < 1.29 is 0 Å². The van der Waals surface area contributed by atoms with E-state index < -0.39 is 0 Å². The van der Waals surface area contributed by atoms with E-state index in [0.717, 1.165) is 12.5 Å². The molecule has 2 fully saturated rings. The van der Waals surface area contributed by atoms with Crippen LogP contribution in [0.4, 0.5) is 0 Å². The zero-order chi connectivity index (χ0) is 12.6. The minimum Gasteiger partial charge on any atom is -0.317 e. The first-order valence-corrected chi connectivity index (χ1v) is 8.04. The zero-order valence-corrected chi connectivity index (χ0v) is 12.2. The Bertz CT molecular complexity index is 208. The van der Waals surface area contributed by atoms with Crippen molar-refractivity contribution in [3.63, 3.8) is 0 Å². The fraction of sp³-hybridized carbons (Fsp3) is 1.00. The first-order valence-electron chi connectivity index (χ1n) is 8.04. The van der Waals surface area contributed by atoms with Gasteiger partial charge in [-0.25, -0.2) is 0 Å². The number of nitrogens with one attached hydrogen (secondary N) is 1. The summed E-state index contributed by atoms with van der Waals surface area (Å²) in [7, 11) is 0. The van der Waals surface area contributed by atoms with Crippen molar-refractivity contribution in [3.05, 3.63) is 0 Å². The fourth-order valence-electron chi connectivity index (χ4n) is 2.80. The maximum Gasteiger partial charge on any atom is 0.0110 e. The molecule has 0 atom stereocenters. The van der Waals surface area contributed by atoms with Gasteiger partial charge in [-0.2, -0.15) is 0 Å². The normalized spacial score (nSPS) is 22.5. The first-order chi connectivity index (χ1) is 8.88. The molecule has 106 valence electrons. The molecular formula is C15H31N3. The van der Waals surface area contributed by atoms with Gasteiger partial charge < -0.3 is 15.1 Å². The Balaban J connectivity index is 1.43. The second kappa shape index (κ2) is 8.13. The average Bonchev–Trinajstić information content (AvgIpc) is 3.20. The Morgan fingerprint density at radius 2 is 1.67 bits per heavy atom. The largest absolute Gasteiger partial charge is 0.317 e. The minimum absolute atomic E-state index is 1.06. The molecule has 0 amide bonds. The number of unbranched alkanes of at least 4 members (excludes halogenated alkanes) is 2. The standard InChI is InChI=1S/C15H31N3/c1-2-16-8-4-3-5-9-17-10-12-18(13-11-17)14-15-6-7-15/h15-16H,2-14H2,1H3. The molecule has 3 heteroatoms. The molecule has 0 spiro atoms. The Labute approximate surface area is 113 Å². The summed E-state index contributed by atoms with van der Waals surface area (Å²) in [5.74, 6) is 1.06. The van der Waals surface area contributed by atoms with Gasteiger partial charge in [0, 0.05) is 32.7 Å². The predicted molar refractivity (Wildman–Crippen MR) is 78.0 cm³/mol. The number of nitrogens with zero attached hydrogens (tertiary/aromatic N) is 2. The van der Waals surface area contributed by atoms with Crippen LogP contribution in [0.3, 0.4) is 0 Å². The molecular weight excluding hydrogens is 222 g/mol. The minimum atomic E-state index is 1.06. The summed E-state index contributed by atoms with van der Waals surface area (Å²) in [4.78, 5) is 5.34. The first kappa shape index (κ1) is 14.3. The molecule has 0 radical (unpaired) electrons. The van der Waals surface area contributed by atoms with Crippen LogP contribution in [0.1, 0.15) is 39.0 Å². The highest BCUT2D eigenvalue weighted by molar-refractivity contribution is 4.80. The molecule has 0 bridgehead atoms. The number of piperazine rings is 1. The molecule has 1 aliphatic carbocycles. The van der Waals surface area contributed by atoms with Crippen LogP contribution in [-0.4, -0.2) is 62.2 Å². The van der Waals surface area contributed by atoms with Crippen LogP contribution in [0.15, 0.2) is 0 Å². The average molecular weight is 253 g/mol. The monoisotopic (exact) mass is 253 g/mol. The lowest BCUT2D eigenvalue weighted by molar-refractivity contribution is 0.127. The SMILES string of the molecule is CCNCCCCCN1CCN(CC2CC2)CC1. The number of hydrogen-bond donors (Lipinski definition) is 1. The van der Waals surface area contributed by atoms with E-state index in [-0.39, 0.29) is 0 Å². The zero-order valence-electron chi connectivity index (χ0n) is 12.2. The van der Waals surface area contributed by atoms with Crippen molar-refractivity contribution in [3.8, 4) is 0 Å². The van der Waals surface area contributed by atoms with Gasteiger partial charge in [-0.1, -0.05) is 13.3 Å². The maximum atomic E-state index is 3.40. The van der Waals surface area contributed by atoms with Gasteiger partial charge in [-0.15, -0.1) is 0 Å². The van der Waals surface area contributed by atoms with E-state index in [4.69, 9.17) is 0 Å². The molecule has 2 aliphatic rings. The van der Waals surface area contributed by atoms with E-state index in [2.05, 4.69) is 22.0 Å². The highest BCUT2D eigenvalue weighted by Gasteiger charge is 2.26. The van der Waals surface area contributed by atoms with E-state index in [0.29, 0.717) is 0 Å². The lowest BCUT2D eigenvalue weighted by Crippen LogP contribution is -2.47. The molecule has 1 heterocycles. The fourth-order valence-corrected chi connectivity index (χ4v) is 2.80. The second-order valence-corrected chi connectivity index (χ2v) is 6.00. The molecule has 0 unspecified atom stereocenters. The summed E-state index contributed by atoms with van der Waals surface area (Å²) in [6.45, 7) is 12.4. The Kier molecular flexibility index (Phi) is 6.46. The van der Waals surface area contributed by atoms with Crippen molar-refractivity contribution in [1.29, 1.82) is 0 Å². The molecule has 18 heavy (non-hydrogen) atoms. The van der Waals surface area contributed by atoms with Gasteiger partial charge in [0.05, 0.1) is 0 Å². The van der Waals surface area contributed by atoms with Gasteiger partial charge >= 0.3 is 0 Å². The van der Waals surface area contributed by atoms with Gasteiger partial charge in [-0.05, 0) is 51.2 Å². The van der Waals surface area contributed by atoms with E-state index in [1.54, 1.807) is 0 Å². The molecule has 1 saturated carbocycles. The summed E-state index contributed by atoms with van der Waals surface area (Å²) in [6.07, 6.45) is 7.09. The highest BCUT2D eigenvalue weighted by atomic mass is 15.3. The Morgan fingerprint density at radius 1 is 0.944 bits per heavy atom. The summed E-state index contributed by atoms with van der Waals surface area (Å²) < 4.78 is 0. The second-order valence-electron chi connectivity index (χ2n) is 6.00. The summed E-state index contributed by atoms with van der Waals surface area (Å²) in [5, 5.41) is 3.40. The maximum absolute atomic E-state index is 3.40. The third-order valence-electron chi connectivity index (χ3n) is 4.26. The highest BCUT2D eigenvalue weighted by Crippen LogP contribution is 2.29. The van der Waals surface area contributed by atoms with Gasteiger partial charge in [0.2, 0.25) is 0 Å². The van der Waals surface area contributed by atoms with Crippen LogP contribution in [0.25, 0.3) is 0 Å². The molecule has 0 aromatic rings. The van der Waals surface area contributed by atoms with Gasteiger partial charge in [-0.3, -0.25) is 0 Å². The third-order valence-corrected chi connectivity index (χ3v) is 4.26. The lowest BCUT2D eigenvalue weighted by Gasteiger charge is -2.34. The number of rotatable bonds is 9. The molecule has 2 rings (SSSR count). The summed E-state index contributed by atoms with van der Waals surface area (Å²) in [5.41, 5.74) is 0. The van der Waals surface area contributed by atoms with E-state index in [1.807, 2.05) is 0 Å². The molecule has 1 aliphatic heterocycles.